The second kappa shape index (κ2) is 5.93. The highest BCUT2D eigenvalue weighted by molar-refractivity contribution is 5.95. The van der Waals surface area contributed by atoms with Gasteiger partial charge in [-0.3, -0.25) is 4.79 Å². The number of amides is 1. The molecule has 0 heterocycles. The average Bonchev–Trinajstić information content (AvgIpc) is 2.45. The van der Waals surface area contributed by atoms with Crippen molar-refractivity contribution < 1.29 is 13.6 Å². The van der Waals surface area contributed by atoms with Gasteiger partial charge in [-0.1, -0.05) is 18.2 Å². The number of nitrogens with zero attached hydrogens (tertiary/aromatic N) is 1. The number of benzene rings is 2. The summed E-state index contributed by atoms with van der Waals surface area (Å²) in [7, 11) is 0. The summed E-state index contributed by atoms with van der Waals surface area (Å²) >= 11 is 0. The third-order valence-electron chi connectivity index (χ3n) is 2.72. The minimum absolute atomic E-state index is 0.133. The highest BCUT2D eigenvalue weighted by atomic mass is 19.1. The molecule has 0 aliphatic carbocycles. The monoisotopic (exact) mass is 272 g/mol. The maximum atomic E-state index is 13.9. The Kier molecular flexibility index (Phi) is 4.06. The fraction of sp³-hybridized carbons (Fsp3) is 0.0667. The van der Waals surface area contributed by atoms with Crippen LogP contribution in [0.3, 0.4) is 0 Å². The zero-order valence-corrected chi connectivity index (χ0v) is 10.4. The van der Waals surface area contributed by atoms with E-state index in [4.69, 9.17) is 5.26 Å². The minimum Gasteiger partial charge on any atom is -0.339 e. The van der Waals surface area contributed by atoms with Crippen LogP contribution in [-0.2, 0) is 0 Å². The van der Waals surface area contributed by atoms with E-state index in [2.05, 4.69) is 5.32 Å². The van der Waals surface area contributed by atoms with E-state index in [-0.39, 0.29) is 17.9 Å². The summed E-state index contributed by atoms with van der Waals surface area (Å²) in [6.45, 7) is -0.183. The Morgan fingerprint density at radius 2 is 1.75 bits per heavy atom. The van der Waals surface area contributed by atoms with Crippen molar-refractivity contribution in [3.8, 4) is 17.2 Å². The van der Waals surface area contributed by atoms with Gasteiger partial charge in [0.25, 0.3) is 5.91 Å². The molecular weight excluding hydrogens is 262 g/mol. The standard InChI is InChI=1S/C15H10F2N2O/c16-12-4-1-10(2-5-12)11-3-6-13(14(17)9-11)15(20)19-8-7-18/h1-6,9H,8H2,(H,19,20). The van der Waals surface area contributed by atoms with E-state index in [1.165, 1.54) is 36.4 Å². The molecule has 0 saturated carbocycles. The molecule has 0 atom stereocenters. The van der Waals surface area contributed by atoms with Gasteiger partial charge in [-0.2, -0.15) is 5.26 Å². The molecule has 0 aromatic heterocycles. The highest BCUT2D eigenvalue weighted by Gasteiger charge is 2.12. The number of halogens is 2. The molecule has 0 aliphatic rings. The van der Waals surface area contributed by atoms with Crippen molar-refractivity contribution in [2.75, 3.05) is 6.54 Å². The molecule has 2 aromatic carbocycles. The average molecular weight is 272 g/mol. The number of nitrogens with one attached hydrogen (secondary N) is 1. The van der Waals surface area contributed by atoms with Gasteiger partial charge in [0, 0.05) is 0 Å². The van der Waals surface area contributed by atoms with Gasteiger partial charge in [-0.15, -0.1) is 0 Å². The summed E-state index contributed by atoms with van der Waals surface area (Å²) in [5.41, 5.74) is 1.06. The first kappa shape index (κ1) is 13.7. The van der Waals surface area contributed by atoms with Crippen LogP contribution >= 0.6 is 0 Å². The van der Waals surface area contributed by atoms with Crippen LogP contribution in [0.4, 0.5) is 8.78 Å². The van der Waals surface area contributed by atoms with Gasteiger partial charge in [0.15, 0.2) is 0 Å². The van der Waals surface area contributed by atoms with E-state index >= 15 is 0 Å². The molecule has 100 valence electrons. The molecule has 1 N–H and O–H groups in total. The van der Waals surface area contributed by atoms with E-state index in [0.717, 1.165) is 0 Å². The number of carbonyl (C=O) groups excluding carboxylic acids is 1. The fourth-order valence-electron chi connectivity index (χ4n) is 1.74. The molecule has 2 aromatic rings. The van der Waals surface area contributed by atoms with E-state index in [1.54, 1.807) is 12.1 Å². The minimum atomic E-state index is -0.692. The fourth-order valence-corrected chi connectivity index (χ4v) is 1.74. The second-order valence-corrected chi connectivity index (χ2v) is 4.04. The van der Waals surface area contributed by atoms with Crippen molar-refractivity contribution in [3.63, 3.8) is 0 Å². The number of hydrogen-bond donors (Lipinski definition) is 1. The summed E-state index contributed by atoms with van der Waals surface area (Å²) in [6, 6.07) is 11.5. The van der Waals surface area contributed by atoms with Crippen LogP contribution in [0.15, 0.2) is 42.5 Å². The Hall–Kier alpha value is -2.74. The Morgan fingerprint density at radius 3 is 2.35 bits per heavy atom. The third kappa shape index (κ3) is 2.98. The van der Waals surface area contributed by atoms with Gasteiger partial charge >= 0.3 is 0 Å². The van der Waals surface area contributed by atoms with E-state index in [0.29, 0.717) is 11.1 Å². The lowest BCUT2D eigenvalue weighted by atomic mass is 10.0. The summed E-state index contributed by atoms with van der Waals surface area (Å²) in [6.07, 6.45) is 0. The number of nitriles is 1. The summed E-state index contributed by atoms with van der Waals surface area (Å²) < 4.78 is 26.7. The first-order valence-electron chi connectivity index (χ1n) is 5.82. The van der Waals surface area contributed by atoms with Crippen LogP contribution in [0.2, 0.25) is 0 Å². The molecule has 2 rings (SSSR count). The predicted molar refractivity (Wildman–Crippen MR) is 69.7 cm³/mol. The smallest absolute Gasteiger partial charge is 0.255 e. The van der Waals surface area contributed by atoms with Crippen LogP contribution in [0.25, 0.3) is 11.1 Å². The van der Waals surface area contributed by atoms with Crippen LogP contribution in [0.1, 0.15) is 10.4 Å². The lowest BCUT2D eigenvalue weighted by molar-refractivity contribution is 0.0954. The van der Waals surface area contributed by atoms with Crippen LogP contribution in [0.5, 0.6) is 0 Å². The Balaban J connectivity index is 2.28. The molecule has 0 aliphatic heterocycles. The SMILES string of the molecule is N#CCNC(=O)c1ccc(-c2ccc(F)cc2)cc1F. The molecule has 20 heavy (non-hydrogen) atoms. The molecule has 5 heteroatoms. The zero-order chi connectivity index (χ0) is 14.5. The predicted octanol–water partition coefficient (Wildman–Crippen LogP) is 2.89. The van der Waals surface area contributed by atoms with Crippen molar-refractivity contribution in [1.29, 1.82) is 5.26 Å². The first-order chi connectivity index (χ1) is 9.61. The van der Waals surface area contributed by atoms with Gasteiger partial charge < -0.3 is 5.32 Å². The summed E-state index contributed by atoms with van der Waals surface area (Å²) in [4.78, 5) is 11.6. The number of carbonyl (C=O) groups is 1. The Morgan fingerprint density at radius 1 is 1.10 bits per heavy atom. The number of rotatable bonds is 3. The number of hydrogen-bond acceptors (Lipinski definition) is 2. The quantitative estimate of drug-likeness (QED) is 0.873. The van der Waals surface area contributed by atoms with Crippen molar-refractivity contribution in [1.82, 2.24) is 5.32 Å². The summed E-state index contributed by atoms with van der Waals surface area (Å²) in [5, 5.41) is 10.6. The zero-order valence-electron chi connectivity index (χ0n) is 10.4. The van der Waals surface area contributed by atoms with Crippen molar-refractivity contribution in [3.05, 3.63) is 59.7 Å². The lowest BCUT2D eigenvalue weighted by Crippen LogP contribution is -2.24. The molecule has 1 amide bonds. The van der Waals surface area contributed by atoms with Gasteiger partial charge in [0.05, 0.1) is 11.6 Å². The summed E-state index contributed by atoms with van der Waals surface area (Å²) in [5.74, 6) is -1.71. The van der Waals surface area contributed by atoms with E-state index in [9.17, 15) is 13.6 Å². The normalized spacial score (nSPS) is 9.85. The third-order valence-corrected chi connectivity index (χ3v) is 2.72. The molecule has 0 radical (unpaired) electrons. The maximum Gasteiger partial charge on any atom is 0.255 e. The van der Waals surface area contributed by atoms with Crippen LogP contribution in [-0.4, -0.2) is 12.5 Å². The van der Waals surface area contributed by atoms with Gasteiger partial charge in [0.1, 0.15) is 18.2 Å². The molecule has 0 spiro atoms. The highest BCUT2D eigenvalue weighted by Crippen LogP contribution is 2.22. The Labute approximate surface area is 114 Å². The van der Waals surface area contributed by atoms with Crippen molar-refractivity contribution in [2.24, 2.45) is 0 Å². The molecule has 0 unspecified atom stereocenters. The molecule has 0 bridgehead atoms. The molecule has 0 saturated heterocycles. The van der Waals surface area contributed by atoms with Gasteiger partial charge in [-0.05, 0) is 35.4 Å². The van der Waals surface area contributed by atoms with Gasteiger partial charge in [-0.25, -0.2) is 8.78 Å². The largest absolute Gasteiger partial charge is 0.339 e. The first-order valence-corrected chi connectivity index (χ1v) is 5.82. The second-order valence-electron chi connectivity index (χ2n) is 4.04. The maximum absolute atomic E-state index is 13.9. The lowest BCUT2D eigenvalue weighted by Gasteiger charge is -2.06. The van der Waals surface area contributed by atoms with Crippen LogP contribution < -0.4 is 5.32 Å². The Bertz CT molecular complexity index is 675. The van der Waals surface area contributed by atoms with E-state index in [1.807, 2.05) is 0 Å². The molecule has 0 fully saturated rings. The van der Waals surface area contributed by atoms with E-state index < -0.39 is 11.7 Å². The van der Waals surface area contributed by atoms with Crippen LogP contribution in [0, 0.1) is 23.0 Å². The van der Waals surface area contributed by atoms with Gasteiger partial charge in [0.2, 0.25) is 0 Å². The van der Waals surface area contributed by atoms with Crippen molar-refractivity contribution in [2.45, 2.75) is 0 Å². The topological polar surface area (TPSA) is 52.9 Å². The molecular formula is C15H10F2N2O. The van der Waals surface area contributed by atoms with Crippen molar-refractivity contribution >= 4 is 5.91 Å². The molecule has 3 nitrogen and oxygen atoms in total.